The van der Waals surface area contributed by atoms with Crippen LogP contribution in [0.15, 0.2) is 35.1 Å². The number of carbonyl (C=O) groups excluding carboxylic acids is 1. The molecule has 0 fully saturated rings. The molecule has 0 radical (unpaired) electrons. The van der Waals surface area contributed by atoms with Crippen LogP contribution in [0.1, 0.15) is 16.1 Å². The van der Waals surface area contributed by atoms with Gasteiger partial charge in [-0.3, -0.25) is 10.1 Å². The number of aryl methyl sites for hydroxylation is 1. The van der Waals surface area contributed by atoms with Gasteiger partial charge in [-0.25, -0.2) is 4.98 Å². The van der Waals surface area contributed by atoms with Gasteiger partial charge in [-0.15, -0.1) is 0 Å². The first-order valence-corrected chi connectivity index (χ1v) is 6.13. The molecule has 0 saturated carbocycles. The molecule has 2 heterocycles. The number of benzene rings is 1. The Kier molecular flexibility index (Phi) is 2.56. The van der Waals surface area contributed by atoms with Crippen molar-refractivity contribution in [1.82, 2.24) is 10.1 Å². The van der Waals surface area contributed by atoms with Gasteiger partial charge in [0.2, 0.25) is 0 Å². The summed E-state index contributed by atoms with van der Waals surface area (Å²) in [6.07, 6.45) is 1.36. The van der Waals surface area contributed by atoms with Crippen molar-refractivity contribution in [3.05, 3.63) is 41.8 Å². The van der Waals surface area contributed by atoms with Gasteiger partial charge in [0.15, 0.2) is 10.8 Å². The van der Waals surface area contributed by atoms with Gasteiger partial charge >= 0.3 is 0 Å². The summed E-state index contributed by atoms with van der Waals surface area (Å²) in [4.78, 5) is 16.1. The highest BCUT2D eigenvalue weighted by molar-refractivity contribution is 7.22. The van der Waals surface area contributed by atoms with E-state index in [0.717, 1.165) is 10.2 Å². The van der Waals surface area contributed by atoms with Crippen molar-refractivity contribution in [2.24, 2.45) is 0 Å². The van der Waals surface area contributed by atoms with Gasteiger partial charge < -0.3 is 4.52 Å². The number of nitrogens with zero attached hydrogens (tertiary/aromatic N) is 2. The maximum absolute atomic E-state index is 11.8. The number of fused-ring (bicyclic) bond motifs is 1. The molecule has 0 aliphatic carbocycles. The van der Waals surface area contributed by atoms with Gasteiger partial charge in [0.25, 0.3) is 5.91 Å². The Hall–Kier alpha value is -2.21. The SMILES string of the molecule is Cc1ccc2nc(NC(=O)c3ccon3)sc2c1. The molecule has 1 amide bonds. The second-order valence-electron chi connectivity index (χ2n) is 3.83. The second kappa shape index (κ2) is 4.23. The van der Waals surface area contributed by atoms with E-state index in [1.54, 1.807) is 0 Å². The molecule has 1 aromatic carbocycles. The van der Waals surface area contributed by atoms with E-state index in [1.807, 2.05) is 25.1 Å². The van der Waals surface area contributed by atoms with E-state index in [1.165, 1.54) is 29.2 Å². The number of hydrogen-bond acceptors (Lipinski definition) is 5. The Morgan fingerprint density at radius 1 is 1.39 bits per heavy atom. The predicted octanol–water partition coefficient (Wildman–Crippen LogP) is 2.85. The first-order valence-electron chi connectivity index (χ1n) is 5.31. The topological polar surface area (TPSA) is 68.0 Å². The minimum atomic E-state index is -0.320. The van der Waals surface area contributed by atoms with Gasteiger partial charge in [0, 0.05) is 6.07 Å². The molecule has 18 heavy (non-hydrogen) atoms. The van der Waals surface area contributed by atoms with Crippen molar-refractivity contribution >= 4 is 32.6 Å². The summed E-state index contributed by atoms with van der Waals surface area (Å²) >= 11 is 1.44. The van der Waals surface area contributed by atoms with Crippen molar-refractivity contribution in [2.45, 2.75) is 6.92 Å². The molecule has 0 bridgehead atoms. The lowest BCUT2D eigenvalue weighted by Gasteiger charge is -1.95. The van der Waals surface area contributed by atoms with E-state index in [0.29, 0.717) is 5.13 Å². The lowest BCUT2D eigenvalue weighted by molar-refractivity contribution is 0.101. The summed E-state index contributed by atoms with van der Waals surface area (Å²) in [6, 6.07) is 7.48. The minimum Gasteiger partial charge on any atom is -0.364 e. The summed E-state index contributed by atoms with van der Waals surface area (Å²) in [5, 5.41) is 6.83. The minimum absolute atomic E-state index is 0.241. The molecule has 1 N–H and O–H groups in total. The zero-order valence-electron chi connectivity index (χ0n) is 9.51. The van der Waals surface area contributed by atoms with Crippen molar-refractivity contribution in [3.8, 4) is 0 Å². The summed E-state index contributed by atoms with van der Waals surface area (Å²) < 4.78 is 5.67. The average Bonchev–Trinajstić information content (AvgIpc) is 2.95. The molecular formula is C12H9N3O2S. The van der Waals surface area contributed by atoms with Crippen LogP contribution < -0.4 is 5.32 Å². The summed E-state index contributed by atoms with van der Waals surface area (Å²) in [7, 11) is 0. The number of thiazole rings is 1. The largest absolute Gasteiger partial charge is 0.364 e. The number of amides is 1. The molecule has 3 rings (SSSR count). The van der Waals surface area contributed by atoms with Crippen molar-refractivity contribution in [2.75, 3.05) is 5.32 Å². The molecule has 5 nitrogen and oxygen atoms in total. The third kappa shape index (κ3) is 1.98. The normalized spacial score (nSPS) is 10.7. The summed E-state index contributed by atoms with van der Waals surface area (Å²) in [6.45, 7) is 2.02. The lowest BCUT2D eigenvalue weighted by atomic mass is 10.2. The fraction of sp³-hybridized carbons (Fsp3) is 0.0833. The Bertz CT molecular complexity index is 703. The quantitative estimate of drug-likeness (QED) is 0.768. The Morgan fingerprint density at radius 3 is 3.06 bits per heavy atom. The first-order chi connectivity index (χ1) is 8.72. The molecule has 0 atom stereocenters. The van der Waals surface area contributed by atoms with Crippen LogP contribution in [-0.4, -0.2) is 16.0 Å². The predicted molar refractivity (Wildman–Crippen MR) is 68.8 cm³/mol. The lowest BCUT2D eigenvalue weighted by Crippen LogP contribution is -2.11. The molecule has 0 unspecified atom stereocenters. The highest BCUT2D eigenvalue weighted by Crippen LogP contribution is 2.26. The van der Waals surface area contributed by atoms with Gasteiger partial charge in [-0.05, 0) is 24.6 Å². The zero-order valence-corrected chi connectivity index (χ0v) is 10.3. The summed E-state index contributed by atoms with van der Waals surface area (Å²) in [5.74, 6) is -0.320. The van der Waals surface area contributed by atoms with Crippen LogP contribution in [-0.2, 0) is 0 Å². The van der Waals surface area contributed by atoms with Gasteiger partial charge in [-0.1, -0.05) is 22.6 Å². The molecular weight excluding hydrogens is 250 g/mol. The third-order valence-corrected chi connectivity index (χ3v) is 3.37. The average molecular weight is 259 g/mol. The fourth-order valence-electron chi connectivity index (χ4n) is 1.58. The molecule has 0 aliphatic rings. The molecule has 0 saturated heterocycles. The van der Waals surface area contributed by atoms with Crippen LogP contribution in [0.4, 0.5) is 5.13 Å². The number of nitrogens with one attached hydrogen (secondary N) is 1. The highest BCUT2D eigenvalue weighted by Gasteiger charge is 2.12. The molecule has 0 spiro atoms. The Morgan fingerprint density at radius 2 is 2.28 bits per heavy atom. The van der Waals surface area contributed by atoms with Gasteiger partial charge in [-0.2, -0.15) is 0 Å². The standard InChI is InChI=1S/C12H9N3O2S/c1-7-2-3-8-10(6-7)18-12(13-8)14-11(16)9-4-5-17-15-9/h2-6H,1H3,(H,13,14,16). The number of anilines is 1. The molecule has 90 valence electrons. The second-order valence-corrected chi connectivity index (χ2v) is 4.86. The smallest absolute Gasteiger partial charge is 0.279 e. The molecule has 6 heteroatoms. The Balaban J connectivity index is 1.89. The van der Waals surface area contributed by atoms with E-state index in [4.69, 9.17) is 0 Å². The van der Waals surface area contributed by atoms with Crippen LogP contribution in [0.25, 0.3) is 10.2 Å². The van der Waals surface area contributed by atoms with E-state index < -0.39 is 0 Å². The van der Waals surface area contributed by atoms with Crippen molar-refractivity contribution < 1.29 is 9.32 Å². The fourth-order valence-corrected chi connectivity index (χ4v) is 2.54. The van der Waals surface area contributed by atoms with Crippen LogP contribution in [0.3, 0.4) is 0 Å². The maximum Gasteiger partial charge on any atom is 0.279 e. The summed E-state index contributed by atoms with van der Waals surface area (Å²) in [5.41, 5.74) is 2.28. The number of aromatic nitrogens is 2. The van der Waals surface area contributed by atoms with E-state index in [2.05, 4.69) is 20.0 Å². The molecule has 3 aromatic rings. The molecule has 0 aliphatic heterocycles. The van der Waals surface area contributed by atoms with Crippen molar-refractivity contribution in [1.29, 1.82) is 0 Å². The number of rotatable bonds is 2. The zero-order chi connectivity index (χ0) is 12.5. The van der Waals surface area contributed by atoms with Gasteiger partial charge in [0.05, 0.1) is 10.2 Å². The van der Waals surface area contributed by atoms with Crippen molar-refractivity contribution in [3.63, 3.8) is 0 Å². The third-order valence-electron chi connectivity index (χ3n) is 2.43. The van der Waals surface area contributed by atoms with E-state index in [-0.39, 0.29) is 11.6 Å². The maximum atomic E-state index is 11.8. The van der Waals surface area contributed by atoms with E-state index >= 15 is 0 Å². The Labute approximate surface area is 106 Å². The number of hydrogen-bond donors (Lipinski definition) is 1. The van der Waals surface area contributed by atoms with Crippen LogP contribution in [0.2, 0.25) is 0 Å². The van der Waals surface area contributed by atoms with Crippen LogP contribution in [0.5, 0.6) is 0 Å². The van der Waals surface area contributed by atoms with Crippen LogP contribution >= 0.6 is 11.3 Å². The highest BCUT2D eigenvalue weighted by atomic mass is 32.1. The first kappa shape index (κ1) is 10.9. The van der Waals surface area contributed by atoms with Gasteiger partial charge in [0.1, 0.15) is 6.26 Å². The van der Waals surface area contributed by atoms with Crippen LogP contribution in [0, 0.1) is 6.92 Å². The van der Waals surface area contributed by atoms with E-state index in [9.17, 15) is 4.79 Å². The number of carbonyl (C=O) groups is 1. The molecule has 2 aromatic heterocycles. The monoisotopic (exact) mass is 259 g/mol.